The van der Waals surface area contributed by atoms with Gasteiger partial charge in [-0.3, -0.25) is 4.79 Å². The molecule has 1 fully saturated rings. The first-order chi connectivity index (χ1) is 18.4. The number of aromatic hydroxyl groups is 7. The molecule has 1 heterocycles. The number of rotatable bonds is 4. The van der Waals surface area contributed by atoms with Crippen molar-refractivity contribution in [2.24, 2.45) is 0 Å². The Balaban J connectivity index is 1.83. The van der Waals surface area contributed by atoms with Crippen LogP contribution in [0.15, 0.2) is 12.1 Å². The number of aliphatic hydroxyl groups is 10. The molecular formula is C22H25NO18. The number of phenolic OH excluding ortho intramolecular Hbond substituents is 7. The Morgan fingerprint density at radius 2 is 1.20 bits per heavy atom. The molecule has 0 saturated carbocycles. The second kappa shape index (κ2) is 8.40. The maximum absolute atomic E-state index is 12.9. The van der Waals surface area contributed by atoms with Gasteiger partial charge in [0.2, 0.25) is 23.2 Å². The zero-order valence-electron chi connectivity index (χ0n) is 20.2. The van der Waals surface area contributed by atoms with Gasteiger partial charge in [-0.25, -0.2) is 0 Å². The third kappa shape index (κ3) is 3.84. The van der Waals surface area contributed by atoms with Crippen LogP contribution in [0.1, 0.15) is 34.3 Å². The molecule has 2 atom stereocenters. The van der Waals surface area contributed by atoms with E-state index in [2.05, 4.69) is 0 Å². The topological polar surface area (TPSA) is 364 Å². The number of fused-ring (bicyclic) bond motifs is 1. The van der Waals surface area contributed by atoms with E-state index in [0.717, 1.165) is 12.1 Å². The average molecular weight is 591 g/mol. The van der Waals surface area contributed by atoms with Crippen LogP contribution in [0.3, 0.4) is 0 Å². The van der Waals surface area contributed by atoms with Gasteiger partial charge in [0.05, 0.1) is 6.42 Å². The van der Waals surface area contributed by atoms with E-state index in [1.165, 1.54) is 0 Å². The molecule has 1 aliphatic carbocycles. The maximum atomic E-state index is 12.9. The van der Waals surface area contributed by atoms with Gasteiger partial charge < -0.3 is 86.8 Å². The van der Waals surface area contributed by atoms with Crippen LogP contribution in [-0.4, -0.2) is 126 Å². The Labute approximate surface area is 226 Å². The lowest BCUT2D eigenvalue weighted by atomic mass is 9.71. The first kappa shape index (κ1) is 30.2. The molecule has 17 N–H and O–H groups in total. The number of likely N-dealkylation sites (tertiary alicyclic amines) is 1. The molecular weight excluding hydrogens is 566 g/mol. The smallest absolute Gasteiger partial charge is 0.293 e. The van der Waals surface area contributed by atoms with Crippen molar-refractivity contribution in [3.05, 3.63) is 28.8 Å². The third-order valence-corrected chi connectivity index (χ3v) is 7.27. The molecule has 2 aromatic carbocycles. The molecule has 19 nitrogen and oxygen atoms in total. The highest BCUT2D eigenvalue weighted by Crippen LogP contribution is 2.58. The summed E-state index contributed by atoms with van der Waals surface area (Å²) >= 11 is 0. The molecule has 226 valence electrons. The fraction of sp³-hybridized carbons (Fsp3) is 0.409. The monoisotopic (exact) mass is 591 g/mol. The predicted molar refractivity (Wildman–Crippen MR) is 121 cm³/mol. The summed E-state index contributed by atoms with van der Waals surface area (Å²) in [5.41, 5.74) is -9.26. The lowest BCUT2D eigenvalue weighted by molar-refractivity contribution is -0.574. The van der Waals surface area contributed by atoms with E-state index in [-0.39, 0.29) is 5.56 Å². The molecule has 2 aliphatic rings. The summed E-state index contributed by atoms with van der Waals surface area (Å²) in [5, 5.41) is 176. The van der Waals surface area contributed by atoms with Crippen molar-refractivity contribution >= 4 is 5.78 Å². The van der Waals surface area contributed by atoms with Crippen molar-refractivity contribution in [2.75, 3.05) is 0 Å². The molecule has 2 unspecified atom stereocenters. The summed E-state index contributed by atoms with van der Waals surface area (Å²) in [5.74, 6) is -30.4. The molecule has 2 aromatic rings. The minimum atomic E-state index is -4.92. The number of benzene rings is 2. The Bertz CT molecular complexity index is 1440. The molecule has 0 radical (unpaired) electrons. The summed E-state index contributed by atoms with van der Waals surface area (Å²) in [6, 6.07) is 1.57. The highest BCUT2D eigenvalue weighted by molar-refractivity contribution is 6.07. The van der Waals surface area contributed by atoms with Gasteiger partial charge in [0, 0.05) is 18.4 Å². The number of Topliss-reactive ketones (excluding diaryl/α,β-unsaturated/α-hetero) is 1. The second-order valence-electron chi connectivity index (χ2n) is 10.1. The molecule has 1 saturated heterocycles. The Hall–Kier alpha value is -3.73. The zero-order chi connectivity index (χ0) is 31.5. The van der Waals surface area contributed by atoms with E-state index in [1.807, 2.05) is 0 Å². The van der Waals surface area contributed by atoms with Crippen LogP contribution in [0.2, 0.25) is 0 Å². The van der Waals surface area contributed by atoms with Crippen LogP contribution in [-0.2, 0) is 12.3 Å². The molecule has 0 aromatic heterocycles. The number of carbonyl (C=O) groups excluding carboxylic acids is 1. The SMILES string of the molecule is O=C1c2cc(O)c(O)cc2CC1(O)CC1(O)CC(O)(O)N(C(O)(O)c2c(O)c(O)c(O)c(O)c2O)C(O)(O)C1(O)O. The number of carbonyl (C=O) groups is 1. The van der Waals surface area contributed by atoms with Crippen molar-refractivity contribution in [3.8, 4) is 40.2 Å². The molecule has 0 bridgehead atoms. The predicted octanol–water partition coefficient (Wildman–Crippen LogP) is -5.32. The van der Waals surface area contributed by atoms with Crippen molar-refractivity contribution in [2.45, 2.75) is 54.0 Å². The summed E-state index contributed by atoms with van der Waals surface area (Å²) in [4.78, 5) is 11.7. The fourth-order valence-electron chi connectivity index (χ4n) is 5.33. The van der Waals surface area contributed by atoms with E-state index < -0.39 is 116 Å². The zero-order valence-corrected chi connectivity index (χ0v) is 20.2. The summed E-state index contributed by atoms with van der Waals surface area (Å²) < 4.78 is 0. The minimum Gasteiger partial charge on any atom is -0.504 e. The summed E-state index contributed by atoms with van der Waals surface area (Å²) in [6.45, 7) is 0. The lowest BCUT2D eigenvalue weighted by Gasteiger charge is -2.61. The van der Waals surface area contributed by atoms with E-state index >= 15 is 0 Å². The normalized spacial score (nSPS) is 27.1. The van der Waals surface area contributed by atoms with Crippen LogP contribution in [0.4, 0.5) is 0 Å². The van der Waals surface area contributed by atoms with Gasteiger partial charge in [0.15, 0.2) is 28.8 Å². The average Bonchev–Trinajstić information content (AvgIpc) is 3.03. The quantitative estimate of drug-likeness (QED) is 0.0896. The van der Waals surface area contributed by atoms with Gasteiger partial charge in [-0.15, -0.1) is 4.90 Å². The van der Waals surface area contributed by atoms with Crippen LogP contribution in [0, 0.1) is 0 Å². The molecule has 0 spiro atoms. The Morgan fingerprint density at radius 1 is 0.732 bits per heavy atom. The van der Waals surface area contributed by atoms with Crippen molar-refractivity contribution in [3.63, 3.8) is 0 Å². The van der Waals surface area contributed by atoms with Gasteiger partial charge in [-0.1, -0.05) is 0 Å². The third-order valence-electron chi connectivity index (χ3n) is 7.27. The lowest BCUT2D eigenvalue weighted by Crippen LogP contribution is -2.86. The van der Waals surface area contributed by atoms with E-state index in [0.29, 0.717) is 0 Å². The summed E-state index contributed by atoms with van der Waals surface area (Å²) in [7, 11) is 0. The highest BCUT2D eigenvalue weighted by Gasteiger charge is 2.78. The molecule has 4 rings (SSSR count). The van der Waals surface area contributed by atoms with Crippen molar-refractivity contribution < 1.29 is 91.6 Å². The van der Waals surface area contributed by atoms with Crippen LogP contribution >= 0.6 is 0 Å². The van der Waals surface area contributed by atoms with E-state index in [4.69, 9.17) is 0 Å². The molecule has 1 aliphatic heterocycles. The van der Waals surface area contributed by atoms with Crippen LogP contribution in [0.5, 0.6) is 40.2 Å². The largest absolute Gasteiger partial charge is 0.504 e. The van der Waals surface area contributed by atoms with Gasteiger partial charge in [-0.2, -0.15) is 0 Å². The number of hydrogen-bond acceptors (Lipinski definition) is 19. The molecule has 0 amide bonds. The van der Waals surface area contributed by atoms with Crippen LogP contribution in [0.25, 0.3) is 0 Å². The molecule has 19 heteroatoms. The minimum absolute atomic E-state index is 0.142. The Morgan fingerprint density at radius 3 is 1.71 bits per heavy atom. The van der Waals surface area contributed by atoms with Crippen molar-refractivity contribution in [1.82, 2.24) is 4.90 Å². The number of ketones is 1. The van der Waals surface area contributed by atoms with Gasteiger partial charge in [0.1, 0.15) is 16.8 Å². The summed E-state index contributed by atoms with van der Waals surface area (Å²) in [6.07, 6.45) is -4.51. The Kier molecular flexibility index (Phi) is 6.20. The number of piperidine rings is 1. The first-order valence-corrected chi connectivity index (χ1v) is 11.2. The molecule has 41 heavy (non-hydrogen) atoms. The standard InChI is InChI=1S/C22H25NO18/c24-8-1-6-3-17(32,16(31)7(6)2-9(8)25)4-18(33)5-19(34,35)23(22(40,41)21(18,38)39)20(36,37)10-11(26)13(28)15(30)14(29)12(10)27/h1-2,24-30,32-41H,3-5H2. The van der Waals surface area contributed by atoms with Crippen molar-refractivity contribution in [1.29, 1.82) is 0 Å². The van der Waals surface area contributed by atoms with E-state index in [1.54, 1.807) is 0 Å². The first-order valence-electron chi connectivity index (χ1n) is 11.2. The number of phenols is 7. The van der Waals surface area contributed by atoms with Crippen LogP contribution < -0.4 is 0 Å². The number of hydrogen-bond donors (Lipinski definition) is 17. The van der Waals surface area contributed by atoms with E-state index in [9.17, 15) is 91.6 Å². The maximum Gasteiger partial charge on any atom is 0.293 e. The van der Waals surface area contributed by atoms with Gasteiger partial charge >= 0.3 is 0 Å². The fourth-order valence-corrected chi connectivity index (χ4v) is 5.33. The van der Waals surface area contributed by atoms with Gasteiger partial charge in [-0.05, 0) is 17.7 Å². The van der Waals surface area contributed by atoms with Gasteiger partial charge in [0.25, 0.3) is 17.6 Å². The number of nitrogens with zero attached hydrogens (tertiary/aromatic N) is 1. The second-order valence-corrected chi connectivity index (χ2v) is 10.1. The highest BCUT2D eigenvalue weighted by atomic mass is 16.7.